The van der Waals surface area contributed by atoms with E-state index in [1.54, 1.807) is 17.0 Å². The van der Waals surface area contributed by atoms with Crippen LogP contribution in [0.3, 0.4) is 0 Å². The van der Waals surface area contributed by atoms with Crippen LogP contribution >= 0.6 is 0 Å². The highest BCUT2D eigenvalue weighted by molar-refractivity contribution is 5.95. The molecule has 3 nitrogen and oxygen atoms in total. The summed E-state index contributed by atoms with van der Waals surface area (Å²) in [4.78, 5) is 14.2. The molecule has 1 aromatic rings. The lowest BCUT2D eigenvalue weighted by atomic mass is 10.0. The Labute approximate surface area is 109 Å². The van der Waals surface area contributed by atoms with Gasteiger partial charge < -0.3 is 10.6 Å². The highest BCUT2D eigenvalue weighted by atomic mass is 16.2. The van der Waals surface area contributed by atoms with Gasteiger partial charge in [-0.3, -0.25) is 4.79 Å². The zero-order chi connectivity index (χ0) is 13.9. The maximum absolute atomic E-state index is 12.5. The lowest BCUT2D eigenvalue weighted by Gasteiger charge is -2.35. The molecule has 1 aromatic carbocycles. The van der Waals surface area contributed by atoms with Crippen molar-refractivity contribution in [3.05, 3.63) is 42.0 Å². The molecule has 0 aliphatic rings. The monoisotopic (exact) mass is 246 g/mol. The topological polar surface area (TPSA) is 46.3 Å². The van der Waals surface area contributed by atoms with Crippen molar-refractivity contribution in [2.75, 3.05) is 12.3 Å². The molecule has 1 rings (SSSR count). The number of benzene rings is 1. The van der Waals surface area contributed by atoms with Crippen LogP contribution in [0.25, 0.3) is 0 Å². The highest BCUT2D eigenvalue weighted by Crippen LogP contribution is 2.20. The molecule has 0 saturated heterocycles. The van der Waals surface area contributed by atoms with Crippen LogP contribution in [0, 0.1) is 6.92 Å². The van der Waals surface area contributed by atoms with Crippen molar-refractivity contribution in [3.8, 4) is 0 Å². The molecule has 0 fully saturated rings. The van der Waals surface area contributed by atoms with E-state index in [-0.39, 0.29) is 11.4 Å². The summed E-state index contributed by atoms with van der Waals surface area (Å²) in [5.74, 6) is -0.0194. The third-order valence-corrected chi connectivity index (χ3v) is 2.89. The van der Waals surface area contributed by atoms with E-state index in [9.17, 15) is 4.79 Å². The Kier molecular flexibility index (Phi) is 4.17. The molecule has 0 spiro atoms. The van der Waals surface area contributed by atoms with E-state index in [4.69, 9.17) is 5.73 Å². The van der Waals surface area contributed by atoms with Crippen LogP contribution in [0.5, 0.6) is 0 Å². The van der Waals surface area contributed by atoms with E-state index >= 15 is 0 Å². The fourth-order valence-corrected chi connectivity index (χ4v) is 1.72. The highest BCUT2D eigenvalue weighted by Gasteiger charge is 2.26. The fraction of sp³-hybridized carbons (Fsp3) is 0.400. The van der Waals surface area contributed by atoms with Gasteiger partial charge in [0.2, 0.25) is 0 Å². The van der Waals surface area contributed by atoms with Crippen LogP contribution in [-0.4, -0.2) is 22.9 Å². The Morgan fingerprint density at radius 3 is 2.50 bits per heavy atom. The van der Waals surface area contributed by atoms with E-state index in [0.717, 1.165) is 5.56 Å². The lowest BCUT2D eigenvalue weighted by molar-refractivity contribution is 0.0616. The van der Waals surface area contributed by atoms with Gasteiger partial charge in [-0.15, -0.1) is 6.58 Å². The number of nitrogen functional groups attached to an aromatic ring is 1. The molecule has 0 aliphatic carbocycles. The second kappa shape index (κ2) is 5.25. The van der Waals surface area contributed by atoms with Crippen LogP contribution in [0.15, 0.2) is 30.9 Å². The summed E-state index contributed by atoms with van der Waals surface area (Å²) in [6.45, 7) is 12.2. The van der Waals surface area contributed by atoms with Gasteiger partial charge in [0.1, 0.15) is 0 Å². The quantitative estimate of drug-likeness (QED) is 0.658. The normalized spacial score (nSPS) is 11.1. The largest absolute Gasteiger partial charge is 0.398 e. The standard InChI is InChI=1S/C15H22N2O/c1-6-9-17(15(3,4)5)14(18)12-8-7-11(2)13(16)10-12/h6-8,10H,1,9,16H2,2-5H3. The average molecular weight is 246 g/mol. The minimum absolute atomic E-state index is 0.0194. The molecule has 0 bridgehead atoms. The first-order valence-electron chi connectivity index (χ1n) is 6.06. The lowest BCUT2D eigenvalue weighted by Crippen LogP contribution is -2.45. The molecule has 0 aliphatic heterocycles. The van der Waals surface area contributed by atoms with Crippen LogP contribution in [0.1, 0.15) is 36.7 Å². The zero-order valence-electron chi connectivity index (χ0n) is 11.7. The number of nitrogens with two attached hydrogens (primary N) is 1. The smallest absolute Gasteiger partial charge is 0.254 e. The maximum Gasteiger partial charge on any atom is 0.254 e. The molecule has 98 valence electrons. The number of carbonyl (C=O) groups is 1. The molecular weight excluding hydrogens is 224 g/mol. The number of carbonyl (C=O) groups excluding carboxylic acids is 1. The van der Waals surface area contributed by atoms with Crippen LogP contribution < -0.4 is 5.73 Å². The maximum atomic E-state index is 12.5. The third kappa shape index (κ3) is 3.13. The van der Waals surface area contributed by atoms with Crippen LogP contribution in [0.2, 0.25) is 0 Å². The van der Waals surface area contributed by atoms with E-state index in [1.165, 1.54) is 0 Å². The van der Waals surface area contributed by atoms with Gasteiger partial charge >= 0.3 is 0 Å². The summed E-state index contributed by atoms with van der Waals surface area (Å²) in [6, 6.07) is 5.42. The summed E-state index contributed by atoms with van der Waals surface area (Å²) in [5.41, 5.74) is 7.86. The molecule has 0 aromatic heterocycles. The molecule has 2 N–H and O–H groups in total. The van der Waals surface area contributed by atoms with Gasteiger partial charge in [-0.25, -0.2) is 0 Å². The molecule has 18 heavy (non-hydrogen) atoms. The first kappa shape index (κ1) is 14.3. The second-order valence-electron chi connectivity index (χ2n) is 5.45. The number of hydrogen-bond acceptors (Lipinski definition) is 2. The minimum Gasteiger partial charge on any atom is -0.398 e. The number of rotatable bonds is 3. The van der Waals surface area contributed by atoms with Crippen molar-refractivity contribution >= 4 is 11.6 Å². The third-order valence-electron chi connectivity index (χ3n) is 2.89. The zero-order valence-corrected chi connectivity index (χ0v) is 11.7. The Morgan fingerprint density at radius 2 is 2.06 bits per heavy atom. The predicted octanol–water partition coefficient (Wildman–Crippen LogP) is 3.00. The SMILES string of the molecule is C=CCN(C(=O)c1ccc(C)c(N)c1)C(C)(C)C. The van der Waals surface area contributed by atoms with Gasteiger partial charge in [0.05, 0.1) is 0 Å². The van der Waals surface area contributed by atoms with Crippen LogP contribution in [0.4, 0.5) is 5.69 Å². The van der Waals surface area contributed by atoms with Crippen molar-refractivity contribution in [1.29, 1.82) is 0 Å². The van der Waals surface area contributed by atoms with Gasteiger partial charge in [0, 0.05) is 23.3 Å². The summed E-state index contributed by atoms with van der Waals surface area (Å²) in [6.07, 6.45) is 1.74. The van der Waals surface area contributed by atoms with Gasteiger partial charge in [0.15, 0.2) is 0 Å². The van der Waals surface area contributed by atoms with Gasteiger partial charge in [-0.1, -0.05) is 12.1 Å². The molecule has 0 radical (unpaired) electrons. The first-order valence-corrected chi connectivity index (χ1v) is 6.06. The van der Waals surface area contributed by atoms with E-state index in [1.807, 2.05) is 39.8 Å². The summed E-state index contributed by atoms with van der Waals surface area (Å²) >= 11 is 0. The second-order valence-corrected chi connectivity index (χ2v) is 5.45. The minimum atomic E-state index is -0.245. The molecule has 0 saturated carbocycles. The molecule has 0 heterocycles. The molecule has 0 atom stereocenters. The molecular formula is C15H22N2O. The van der Waals surface area contributed by atoms with E-state index < -0.39 is 0 Å². The van der Waals surface area contributed by atoms with E-state index in [0.29, 0.717) is 17.8 Å². The summed E-state index contributed by atoms with van der Waals surface area (Å²) in [5, 5.41) is 0. The Morgan fingerprint density at radius 1 is 1.44 bits per heavy atom. The number of nitrogens with zero attached hydrogens (tertiary/aromatic N) is 1. The molecule has 0 unspecified atom stereocenters. The fourth-order valence-electron chi connectivity index (χ4n) is 1.72. The van der Waals surface area contributed by atoms with Crippen molar-refractivity contribution in [3.63, 3.8) is 0 Å². The summed E-state index contributed by atoms with van der Waals surface area (Å²) < 4.78 is 0. The van der Waals surface area contributed by atoms with Gasteiger partial charge in [-0.2, -0.15) is 0 Å². The molecule has 1 amide bonds. The van der Waals surface area contributed by atoms with Crippen molar-refractivity contribution < 1.29 is 4.79 Å². The van der Waals surface area contributed by atoms with Gasteiger partial charge in [0.25, 0.3) is 5.91 Å². The van der Waals surface area contributed by atoms with Gasteiger partial charge in [-0.05, 0) is 45.4 Å². The van der Waals surface area contributed by atoms with Crippen molar-refractivity contribution in [2.45, 2.75) is 33.2 Å². The summed E-state index contributed by atoms with van der Waals surface area (Å²) in [7, 11) is 0. The average Bonchev–Trinajstić information content (AvgIpc) is 2.27. The Balaban J connectivity index is 3.09. The first-order chi connectivity index (χ1) is 8.27. The van der Waals surface area contributed by atoms with Crippen molar-refractivity contribution in [2.24, 2.45) is 0 Å². The predicted molar refractivity (Wildman–Crippen MR) is 76.6 cm³/mol. The Hall–Kier alpha value is -1.77. The number of amides is 1. The number of anilines is 1. The van der Waals surface area contributed by atoms with E-state index in [2.05, 4.69) is 6.58 Å². The molecule has 3 heteroatoms. The van der Waals surface area contributed by atoms with Crippen molar-refractivity contribution in [1.82, 2.24) is 4.90 Å². The Bertz CT molecular complexity index is 458. The number of aryl methyl sites for hydroxylation is 1. The van der Waals surface area contributed by atoms with Crippen LogP contribution in [-0.2, 0) is 0 Å². The number of hydrogen-bond donors (Lipinski definition) is 1.